The van der Waals surface area contributed by atoms with Gasteiger partial charge in [0.2, 0.25) is 10.0 Å². The van der Waals surface area contributed by atoms with Crippen molar-refractivity contribution in [3.05, 3.63) is 33.9 Å². The van der Waals surface area contributed by atoms with E-state index in [4.69, 9.17) is 0 Å². The summed E-state index contributed by atoms with van der Waals surface area (Å²) in [4.78, 5) is 21.8. The van der Waals surface area contributed by atoms with Gasteiger partial charge in [0, 0.05) is 11.6 Å². The zero-order valence-electron chi connectivity index (χ0n) is 13.4. The Kier molecular flexibility index (Phi) is 6.22. The number of carbonyl (C=O) groups is 1. The molecule has 1 rings (SSSR count). The summed E-state index contributed by atoms with van der Waals surface area (Å²) in [6.45, 7) is 5.03. The molecule has 0 aliphatic heterocycles. The maximum Gasteiger partial charge on any atom is 0.324 e. The highest BCUT2D eigenvalue weighted by molar-refractivity contribution is 7.89. The molecular formula is C14H20N2O6S. The molecule has 9 heteroatoms. The third-order valence-electron chi connectivity index (χ3n) is 3.64. The number of sulfonamides is 1. The number of nitro groups is 1. The van der Waals surface area contributed by atoms with Gasteiger partial charge in [-0.2, -0.15) is 4.72 Å². The van der Waals surface area contributed by atoms with Crippen molar-refractivity contribution in [2.75, 3.05) is 7.11 Å². The molecule has 0 spiro atoms. The third kappa shape index (κ3) is 4.49. The Morgan fingerprint density at radius 1 is 1.43 bits per heavy atom. The number of benzene rings is 1. The Balaban J connectivity index is 3.22. The number of esters is 1. The highest BCUT2D eigenvalue weighted by Gasteiger charge is 2.31. The molecule has 0 aromatic heterocycles. The van der Waals surface area contributed by atoms with Crippen molar-refractivity contribution >= 4 is 21.7 Å². The lowest BCUT2D eigenvalue weighted by Crippen LogP contribution is -2.45. The minimum atomic E-state index is -4.10. The van der Waals surface area contributed by atoms with Crippen molar-refractivity contribution in [2.45, 2.75) is 38.1 Å². The van der Waals surface area contributed by atoms with Crippen LogP contribution in [0.15, 0.2) is 23.1 Å². The minimum Gasteiger partial charge on any atom is -0.468 e. The molecule has 0 heterocycles. The number of carbonyl (C=O) groups excluding carboxylic acids is 1. The number of aryl methyl sites for hydroxylation is 1. The van der Waals surface area contributed by atoms with Gasteiger partial charge in [-0.1, -0.05) is 26.3 Å². The first kappa shape index (κ1) is 19.0. The lowest BCUT2D eigenvalue weighted by molar-refractivity contribution is -0.385. The monoisotopic (exact) mass is 344 g/mol. The molecule has 0 saturated carbocycles. The van der Waals surface area contributed by atoms with Crippen LogP contribution in [-0.2, 0) is 19.6 Å². The van der Waals surface area contributed by atoms with E-state index in [2.05, 4.69) is 9.46 Å². The van der Waals surface area contributed by atoms with Gasteiger partial charge in [-0.25, -0.2) is 8.42 Å². The van der Waals surface area contributed by atoms with Crippen LogP contribution < -0.4 is 4.72 Å². The summed E-state index contributed by atoms with van der Waals surface area (Å²) >= 11 is 0. The molecule has 23 heavy (non-hydrogen) atoms. The largest absolute Gasteiger partial charge is 0.468 e. The number of nitrogens with one attached hydrogen (secondary N) is 1. The van der Waals surface area contributed by atoms with Crippen molar-refractivity contribution in [2.24, 2.45) is 5.92 Å². The van der Waals surface area contributed by atoms with Gasteiger partial charge in [0.1, 0.15) is 6.04 Å². The quantitative estimate of drug-likeness (QED) is 0.458. The zero-order valence-corrected chi connectivity index (χ0v) is 14.2. The van der Waals surface area contributed by atoms with Gasteiger partial charge in [-0.3, -0.25) is 14.9 Å². The highest BCUT2D eigenvalue weighted by atomic mass is 32.2. The van der Waals surface area contributed by atoms with E-state index in [-0.39, 0.29) is 16.5 Å². The van der Waals surface area contributed by atoms with Crippen LogP contribution in [0.2, 0.25) is 0 Å². The van der Waals surface area contributed by atoms with Crippen molar-refractivity contribution in [3.8, 4) is 0 Å². The van der Waals surface area contributed by atoms with Gasteiger partial charge >= 0.3 is 5.97 Å². The normalized spacial score (nSPS) is 14.1. The van der Waals surface area contributed by atoms with Gasteiger partial charge in [-0.15, -0.1) is 0 Å². The summed E-state index contributed by atoms with van der Waals surface area (Å²) in [6.07, 6.45) is 0.552. The average Bonchev–Trinajstić information content (AvgIpc) is 2.51. The number of nitro benzene ring substituents is 1. The second-order valence-electron chi connectivity index (χ2n) is 5.21. The topological polar surface area (TPSA) is 116 Å². The second kappa shape index (κ2) is 7.51. The van der Waals surface area contributed by atoms with E-state index in [1.807, 2.05) is 6.92 Å². The molecule has 1 N–H and O–H groups in total. The number of methoxy groups -OCH3 is 1. The Morgan fingerprint density at radius 3 is 2.52 bits per heavy atom. The Bertz CT molecular complexity index is 701. The first-order valence-electron chi connectivity index (χ1n) is 6.99. The molecule has 0 radical (unpaired) electrons. The molecule has 0 amide bonds. The van der Waals surface area contributed by atoms with E-state index in [0.717, 1.165) is 6.07 Å². The molecule has 0 saturated heterocycles. The number of ether oxygens (including phenoxy) is 1. The fraction of sp³-hybridized carbons (Fsp3) is 0.500. The first-order chi connectivity index (χ1) is 10.6. The molecule has 2 atom stereocenters. The van der Waals surface area contributed by atoms with Gasteiger partial charge in [0.05, 0.1) is 16.9 Å². The van der Waals surface area contributed by atoms with Crippen LogP contribution in [0.4, 0.5) is 5.69 Å². The van der Waals surface area contributed by atoms with E-state index >= 15 is 0 Å². The van der Waals surface area contributed by atoms with Gasteiger partial charge in [-0.05, 0) is 18.9 Å². The number of rotatable bonds is 7. The average molecular weight is 344 g/mol. The van der Waals surface area contributed by atoms with Crippen molar-refractivity contribution in [1.29, 1.82) is 0 Å². The summed E-state index contributed by atoms with van der Waals surface area (Å²) in [5.74, 6) is -0.998. The van der Waals surface area contributed by atoms with Crippen LogP contribution in [-0.4, -0.2) is 32.5 Å². The SMILES string of the molecule is CC[C@@H](C)[C@@H](NS(=O)(=O)c1ccc(C)c([N+](=O)[O-])c1)C(=O)OC. The zero-order chi connectivity index (χ0) is 17.8. The van der Waals surface area contributed by atoms with E-state index in [0.29, 0.717) is 12.0 Å². The first-order valence-corrected chi connectivity index (χ1v) is 8.47. The highest BCUT2D eigenvalue weighted by Crippen LogP contribution is 2.23. The van der Waals surface area contributed by atoms with Crippen LogP contribution in [0.5, 0.6) is 0 Å². The molecule has 0 aliphatic carbocycles. The number of hydrogen-bond donors (Lipinski definition) is 1. The van der Waals surface area contributed by atoms with Crippen molar-refractivity contribution in [1.82, 2.24) is 4.72 Å². The summed E-state index contributed by atoms with van der Waals surface area (Å²) in [6, 6.07) is 2.52. The molecule has 8 nitrogen and oxygen atoms in total. The maximum absolute atomic E-state index is 12.4. The van der Waals surface area contributed by atoms with Gasteiger partial charge in [0.25, 0.3) is 5.69 Å². The Morgan fingerprint density at radius 2 is 2.04 bits per heavy atom. The third-order valence-corrected chi connectivity index (χ3v) is 5.08. The van der Waals surface area contributed by atoms with Crippen LogP contribution in [0.25, 0.3) is 0 Å². The van der Waals surface area contributed by atoms with Crippen LogP contribution >= 0.6 is 0 Å². The van der Waals surface area contributed by atoms with E-state index in [1.54, 1.807) is 6.92 Å². The van der Waals surface area contributed by atoms with Crippen molar-refractivity contribution < 1.29 is 22.9 Å². The van der Waals surface area contributed by atoms with Gasteiger partial charge < -0.3 is 4.74 Å². The molecule has 128 valence electrons. The summed E-state index contributed by atoms with van der Waals surface area (Å²) in [5.41, 5.74) is 0.0476. The van der Waals surface area contributed by atoms with Crippen LogP contribution in [0.3, 0.4) is 0 Å². The predicted molar refractivity (Wildman–Crippen MR) is 83.4 cm³/mol. The predicted octanol–water partition coefficient (Wildman–Crippen LogP) is 1.77. The summed E-state index contributed by atoms with van der Waals surface area (Å²) < 4.78 is 31.8. The summed E-state index contributed by atoms with van der Waals surface area (Å²) in [5, 5.41) is 10.9. The van der Waals surface area contributed by atoms with E-state index < -0.39 is 27.0 Å². The molecule has 0 unspecified atom stereocenters. The lowest BCUT2D eigenvalue weighted by Gasteiger charge is -2.21. The van der Waals surface area contributed by atoms with E-state index in [1.165, 1.54) is 26.2 Å². The lowest BCUT2D eigenvalue weighted by atomic mass is 10.0. The molecule has 0 fully saturated rings. The smallest absolute Gasteiger partial charge is 0.324 e. The van der Waals surface area contributed by atoms with Crippen LogP contribution in [0, 0.1) is 23.0 Å². The molecular weight excluding hydrogens is 324 g/mol. The van der Waals surface area contributed by atoms with E-state index in [9.17, 15) is 23.3 Å². The fourth-order valence-corrected chi connectivity index (χ4v) is 3.26. The molecule has 0 aliphatic rings. The second-order valence-corrected chi connectivity index (χ2v) is 6.93. The Labute approximate surface area is 135 Å². The Hall–Kier alpha value is -2.00. The minimum absolute atomic E-state index is 0.271. The molecule has 0 bridgehead atoms. The maximum atomic E-state index is 12.4. The van der Waals surface area contributed by atoms with Crippen molar-refractivity contribution in [3.63, 3.8) is 0 Å². The van der Waals surface area contributed by atoms with Gasteiger partial charge in [0.15, 0.2) is 0 Å². The summed E-state index contributed by atoms with van der Waals surface area (Å²) in [7, 11) is -2.93. The number of nitrogens with zero attached hydrogens (tertiary/aromatic N) is 1. The molecule has 1 aromatic carbocycles. The standard InChI is InChI=1S/C14H20N2O6S/c1-5-9(2)13(14(17)22-4)15-23(20,21)11-7-6-10(3)12(8-11)16(18)19/h6-9,13,15H,5H2,1-4H3/t9-,13-/m1/s1. The fourth-order valence-electron chi connectivity index (χ4n) is 1.95. The van der Waals surface area contributed by atoms with Crippen LogP contribution in [0.1, 0.15) is 25.8 Å². The number of hydrogen-bond acceptors (Lipinski definition) is 6. The molecule has 1 aromatic rings.